The Bertz CT molecular complexity index is 1520. The minimum atomic E-state index is -3.34. The van der Waals surface area contributed by atoms with Crippen LogP contribution in [0.1, 0.15) is 19.3 Å². The van der Waals surface area contributed by atoms with Gasteiger partial charge >= 0.3 is 0 Å². The predicted octanol–water partition coefficient (Wildman–Crippen LogP) is 3.14. The zero-order valence-electron chi connectivity index (χ0n) is 17.0. The minimum absolute atomic E-state index is 0.118. The van der Waals surface area contributed by atoms with Crippen LogP contribution in [0.15, 0.2) is 43.0 Å². The predicted molar refractivity (Wildman–Crippen MR) is 116 cm³/mol. The third-order valence-electron chi connectivity index (χ3n) is 6.54. The molecular formula is C22H19FN6O2S. The van der Waals surface area contributed by atoms with Gasteiger partial charge < -0.3 is 9.55 Å². The quantitative estimate of drug-likeness (QED) is 0.503. The summed E-state index contributed by atoms with van der Waals surface area (Å²) in [5.41, 5.74) is 2.02. The van der Waals surface area contributed by atoms with Crippen molar-refractivity contribution in [2.45, 2.75) is 30.1 Å². The monoisotopic (exact) mass is 450 g/mol. The lowest BCUT2D eigenvalue weighted by molar-refractivity contribution is 0.0889. The van der Waals surface area contributed by atoms with E-state index in [0.717, 1.165) is 16.3 Å². The highest BCUT2D eigenvalue weighted by atomic mass is 32.2. The van der Waals surface area contributed by atoms with E-state index in [4.69, 9.17) is 0 Å². The number of aromatic nitrogens is 4. The van der Waals surface area contributed by atoms with Gasteiger partial charge in [-0.25, -0.2) is 22.8 Å². The SMILES string of the molecule is N#CCC1(n2cc(-c3ncnc4[nH]ccc34)c3ccc(F)cc32)CN(S(=O)(=O)C2CC2)C1. The van der Waals surface area contributed by atoms with E-state index in [9.17, 15) is 18.1 Å². The fourth-order valence-corrected chi connectivity index (χ4v) is 6.73. The molecule has 1 aromatic carbocycles. The number of halogens is 1. The molecular weight excluding hydrogens is 431 g/mol. The first-order chi connectivity index (χ1) is 15.4. The maximum Gasteiger partial charge on any atom is 0.217 e. The van der Waals surface area contributed by atoms with Crippen LogP contribution in [-0.4, -0.2) is 50.6 Å². The van der Waals surface area contributed by atoms with Gasteiger partial charge in [-0.15, -0.1) is 0 Å². The van der Waals surface area contributed by atoms with Crippen LogP contribution in [0.4, 0.5) is 4.39 Å². The molecule has 0 radical (unpaired) electrons. The van der Waals surface area contributed by atoms with Crippen molar-refractivity contribution in [3.8, 4) is 17.3 Å². The number of hydrogen-bond donors (Lipinski definition) is 1. The Kier molecular flexibility index (Phi) is 4.00. The highest BCUT2D eigenvalue weighted by Gasteiger charge is 2.53. The fourth-order valence-electron chi connectivity index (χ4n) is 4.73. The van der Waals surface area contributed by atoms with Gasteiger partial charge in [0.05, 0.1) is 34.5 Å². The van der Waals surface area contributed by atoms with Crippen LogP contribution in [-0.2, 0) is 15.6 Å². The molecule has 0 bridgehead atoms. The zero-order valence-corrected chi connectivity index (χ0v) is 17.8. The molecule has 3 aromatic heterocycles. The van der Waals surface area contributed by atoms with Crippen molar-refractivity contribution in [3.05, 3.63) is 48.8 Å². The van der Waals surface area contributed by atoms with Crippen molar-refractivity contribution in [1.29, 1.82) is 5.26 Å². The molecule has 1 saturated heterocycles. The lowest BCUT2D eigenvalue weighted by Crippen LogP contribution is -2.64. The molecule has 1 aliphatic heterocycles. The molecule has 32 heavy (non-hydrogen) atoms. The molecule has 1 aliphatic carbocycles. The molecule has 0 atom stereocenters. The van der Waals surface area contributed by atoms with Gasteiger partial charge in [0.2, 0.25) is 10.0 Å². The van der Waals surface area contributed by atoms with E-state index in [-0.39, 0.29) is 24.8 Å². The maximum atomic E-state index is 14.3. The molecule has 4 aromatic rings. The Labute approximate surface area is 183 Å². The summed E-state index contributed by atoms with van der Waals surface area (Å²) in [4.78, 5) is 11.8. The number of aromatic amines is 1. The number of rotatable bonds is 5. The second-order valence-electron chi connectivity index (χ2n) is 8.61. The van der Waals surface area contributed by atoms with Gasteiger partial charge in [-0.3, -0.25) is 0 Å². The Morgan fingerprint density at radius 2 is 2.03 bits per heavy atom. The van der Waals surface area contributed by atoms with Crippen molar-refractivity contribution in [2.75, 3.05) is 13.1 Å². The number of H-pyrrole nitrogens is 1. The van der Waals surface area contributed by atoms with Crippen LogP contribution < -0.4 is 0 Å². The molecule has 0 unspecified atom stereocenters. The lowest BCUT2D eigenvalue weighted by Gasteiger charge is -2.49. The van der Waals surface area contributed by atoms with Gasteiger partial charge in [-0.2, -0.15) is 9.57 Å². The van der Waals surface area contributed by atoms with Gasteiger partial charge in [-0.1, -0.05) is 0 Å². The van der Waals surface area contributed by atoms with Crippen LogP contribution in [0.3, 0.4) is 0 Å². The number of benzene rings is 1. The van der Waals surface area contributed by atoms with E-state index < -0.39 is 21.4 Å². The third kappa shape index (κ3) is 2.71. The third-order valence-corrected chi connectivity index (χ3v) is 8.83. The van der Waals surface area contributed by atoms with Gasteiger partial charge in [-0.05, 0) is 37.1 Å². The van der Waals surface area contributed by atoms with Crippen LogP contribution in [0.25, 0.3) is 33.2 Å². The highest BCUT2D eigenvalue weighted by Crippen LogP contribution is 2.44. The molecule has 2 aliphatic rings. The summed E-state index contributed by atoms with van der Waals surface area (Å²) in [6, 6.07) is 8.63. The van der Waals surface area contributed by atoms with E-state index >= 15 is 0 Å². The molecule has 2 fully saturated rings. The summed E-state index contributed by atoms with van der Waals surface area (Å²) < 4.78 is 43.1. The number of hydrogen-bond acceptors (Lipinski definition) is 5. The number of fused-ring (bicyclic) bond motifs is 2. The normalized spacial score (nSPS) is 18.6. The zero-order chi connectivity index (χ0) is 22.1. The standard InChI is InChI=1S/C22H19FN6O2S/c23-14-1-4-16-18(20-17-5-8-25-21(17)27-13-26-20)10-29(19(16)9-14)22(6-7-24)11-28(12-22)32(30,31)15-2-3-15/h1,4-5,8-10,13,15H,2-3,6,11-12H2,(H,25,26,27). The number of sulfonamides is 1. The Balaban J connectivity index is 1.53. The summed E-state index contributed by atoms with van der Waals surface area (Å²) in [6.07, 6.45) is 6.62. The Morgan fingerprint density at radius 1 is 1.22 bits per heavy atom. The topological polar surface area (TPSA) is 108 Å². The van der Waals surface area contributed by atoms with E-state index in [0.29, 0.717) is 29.7 Å². The smallest absolute Gasteiger partial charge is 0.217 e. The second-order valence-corrected chi connectivity index (χ2v) is 10.8. The number of nitrogens with one attached hydrogen (secondary N) is 1. The first-order valence-corrected chi connectivity index (χ1v) is 11.9. The molecule has 8 nitrogen and oxygen atoms in total. The average Bonchev–Trinajstić information content (AvgIpc) is 3.40. The minimum Gasteiger partial charge on any atom is -0.346 e. The van der Waals surface area contributed by atoms with Gasteiger partial charge in [0.15, 0.2) is 0 Å². The Morgan fingerprint density at radius 3 is 2.78 bits per heavy atom. The van der Waals surface area contributed by atoms with Crippen molar-refractivity contribution in [3.63, 3.8) is 0 Å². The Hall–Kier alpha value is -3.29. The second kappa shape index (κ2) is 6.60. The van der Waals surface area contributed by atoms with Gasteiger partial charge in [0.1, 0.15) is 17.8 Å². The van der Waals surface area contributed by atoms with Gasteiger partial charge in [0, 0.05) is 41.8 Å². The lowest BCUT2D eigenvalue weighted by atomic mass is 9.88. The first-order valence-electron chi connectivity index (χ1n) is 10.4. The summed E-state index contributed by atoms with van der Waals surface area (Å²) >= 11 is 0. The van der Waals surface area contributed by atoms with Crippen molar-refractivity contribution < 1.29 is 12.8 Å². The molecule has 1 saturated carbocycles. The summed E-state index contributed by atoms with van der Waals surface area (Å²) in [5.74, 6) is -0.397. The van der Waals surface area contributed by atoms with Crippen LogP contribution in [0.5, 0.6) is 0 Å². The maximum absolute atomic E-state index is 14.3. The van der Waals surface area contributed by atoms with E-state index in [2.05, 4.69) is 21.0 Å². The van der Waals surface area contributed by atoms with Crippen molar-refractivity contribution in [2.24, 2.45) is 0 Å². The molecule has 0 amide bonds. The highest BCUT2D eigenvalue weighted by molar-refractivity contribution is 7.90. The summed E-state index contributed by atoms with van der Waals surface area (Å²) in [6.45, 7) is 0.394. The van der Waals surface area contributed by atoms with Crippen LogP contribution in [0.2, 0.25) is 0 Å². The van der Waals surface area contributed by atoms with Crippen molar-refractivity contribution in [1.82, 2.24) is 23.8 Å². The fraction of sp³-hybridized carbons (Fsp3) is 0.318. The van der Waals surface area contributed by atoms with E-state index in [1.165, 1.54) is 22.8 Å². The molecule has 0 spiro atoms. The molecule has 4 heterocycles. The molecule has 1 N–H and O–H groups in total. The summed E-state index contributed by atoms with van der Waals surface area (Å²) in [5, 5.41) is 10.9. The molecule has 162 valence electrons. The summed E-state index contributed by atoms with van der Waals surface area (Å²) in [7, 11) is -3.34. The number of nitrogens with zero attached hydrogens (tertiary/aromatic N) is 5. The van der Waals surface area contributed by atoms with E-state index in [1.807, 2.05) is 16.8 Å². The molecule has 10 heteroatoms. The number of nitriles is 1. The van der Waals surface area contributed by atoms with Crippen molar-refractivity contribution >= 4 is 32.0 Å². The largest absolute Gasteiger partial charge is 0.346 e. The van der Waals surface area contributed by atoms with Gasteiger partial charge in [0.25, 0.3) is 0 Å². The molecule has 6 rings (SSSR count). The van der Waals surface area contributed by atoms with Crippen LogP contribution >= 0.6 is 0 Å². The first kappa shape index (κ1) is 19.4. The van der Waals surface area contributed by atoms with Crippen LogP contribution in [0, 0.1) is 17.1 Å². The average molecular weight is 450 g/mol. The van der Waals surface area contributed by atoms with E-state index in [1.54, 1.807) is 12.3 Å².